The summed E-state index contributed by atoms with van der Waals surface area (Å²) in [4.78, 5) is 28.2. The van der Waals surface area contributed by atoms with Crippen LogP contribution in [0.1, 0.15) is 40.8 Å². The molecule has 1 aliphatic rings. The summed E-state index contributed by atoms with van der Waals surface area (Å²) >= 11 is 0. The van der Waals surface area contributed by atoms with Crippen molar-refractivity contribution in [2.75, 3.05) is 26.1 Å². The Morgan fingerprint density at radius 3 is 2.36 bits per heavy atom. The van der Waals surface area contributed by atoms with Gasteiger partial charge in [0.15, 0.2) is 11.5 Å². The average Bonchev–Trinajstić information content (AvgIpc) is 2.90. The van der Waals surface area contributed by atoms with Crippen molar-refractivity contribution >= 4 is 17.6 Å². The van der Waals surface area contributed by atoms with E-state index in [1.54, 1.807) is 26.0 Å². The first-order chi connectivity index (χ1) is 17.3. The van der Waals surface area contributed by atoms with Gasteiger partial charge in [0.05, 0.1) is 20.3 Å². The zero-order chi connectivity index (χ0) is 25.8. The second kappa shape index (κ2) is 10.7. The van der Waals surface area contributed by atoms with Crippen molar-refractivity contribution in [2.24, 2.45) is 0 Å². The summed E-state index contributed by atoms with van der Waals surface area (Å²) < 4.78 is 11.1. The summed E-state index contributed by atoms with van der Waals surface area (Å²) in [6.07, 6.45) is 0.662. The van der Waals surface area contributed by atoms with Crippen LogP contribution in [0, 0.1) is 13.8 Å². The number of benzene rings is 3. The molecular weight excluding hydrogens is 454 g/mol. The van der Waals surface area contributed by atoms with Gasteiger partial charge in [-0.05, 0) is 73.2 Å². The lowest BCUT2D eigenvalue weighted by Gasteiger charge is -2.38. The molecule has 0 unspecified atom stereocenters. The minimum Gasteiger partial charge on any atom is -0.493 e. The van der Waals surface area contributed by atoms with E-state index in [-0.39, 0.29) is 18.0 Å². The van der Waals surface area contributed by atoms with Crippen molar-refractivity contribution < 1.29 is 19.1 Å². The van der Waals surface area contributed by atoms with E-state index >= 15 is 0 Å². The lowest BCUT2D eigenvalue weighted by atomic mass is 9.88. The van der Waals surface area contributed by atoms with Crippen LogP contribution < -0.4 is 20.1 Å². The van der Waals surface area contributed by atoms with E-state index in [9.17, 15) is 9.59 Å². The van der Waals surface area contributed by atoms with Crippen molar-refractivity contribution in [3.8, 4) is 11.5 Å². The van der Waals surface area contributed by atoms with Crippen molar-refractivity contribution in [1.29, 1.82) is 0 Å². The molecule has 3 amide bonds. The zero-order valence-corrected chi connectivity index (χ0v) is 21.4. The number of ether oxygens (including phenoxy) is 2. The predicted molar refractivity (Wildman–Crippen MR) is 141 cm³/mol. The summed E-state index contributed by atoms with van der Waals surface area (Å²) in [5.74, 6) is 1.01. The summed E-state index contributed by atoms with van der Waals surface area (Å²) in [5, 5.41) is 5.85. The first-order valence-corrected chi connectivity index (χ1v) is 12.1. The number of carbonyl (C=O) groups excluding carboxylic acids is 2. The van der Waals surface area contributed by atoms with E-state index in [4.69, 9.17) is 9.47 Å². The quantitative estimate of drug-likeness (QED) is 0.513. The van der Waals surface area contributed by atoms with E-state index in [2.05, 4.69) is 10.6 Å². The zero-order valence-electron chi connectivity index (χ0n) is 21.4. The Balaban J connectivity index is 1.59. The van der Waals surface area contributed by atoms with Gasteiger partial charge in [-0.2, -0.15) is 0 Å². The molecule has 1 heterocycles. The highest BCUT2D eigenvalue weighted by Gasteiger charge is 2.34. The molecule has 3 aromatic rings. The number of hydrogen-bond donors (Lipinski definition) is 2. The van der Waals surface area contributed by atoms with E-state index < -0.39 is 6.04 Å². The molecule has 3 aromatic carbocycles. The van der Waals surface area contributed by atoms with Gasteiger partial charge >= 0.3 is 6.03 Å². The molecule has 36 heavy (non-hydrogen) atoms. The van der Waals surface area contributed by atoms with E-state index in [1.165, 1.54) is 0 Å². The number of amides is 3. The molecule has 1 aliphatic heterocycles. The molecule has 0 aliphatic carbocycles. The maximum Gasteiger partial charge on any atom is 0.318 e. The molecule has 188 valence electrons. The van der Waals surface area contributed by atoms with E-state index in [0.717, 1.165) is 33.5 Å². The minimum atomic E-state index is -0.722. The Morgan fingerprint density at radius 1 is 0.972 bits per heavy atom. The summed E-state index contributed by atoms with van der Waals surface area (Å²) in [6, 6.07) is 18.2. The van der Waals surface area contributed by atoms with Crippen LogP contribution in [0.4, 0.5) is 10.5 Å². The van der Waals surface area contributed by atoms with Crippen LogP contribution in [0.3, 0.4) is 0 Å². The number of anilines is 1. The van der Waals surface area contributed by atoms with Crippen LogP contribution in [-0.2, 0) is 11.2 Å². The number of rotatable bonds is 6. The maximum absolute atomic E-state index is 13.5. The molecule has 0 radical (unpaired) electrons. The smallest absolute Gasteiger partial charge is 0.318 e. The fourth-order valence-electron chi connectivity index (χ4n) is 4.62. The largest absolute Gasteiger partial charge is 0.493 e. The Kier molecular flexibility index (Phi) is 7.48. The highest BCUT2D eigenvalue weighted by molar-refractivity contribution is 5.97. The average molecular weight is 488 g/mol. The lowest BCUT2D eigenvalue weighted by molar-refractivity contribution is -0.117. The number of fused-ring (bicyclic) bond motifs is 1. The van der Waals surface area contributed by atoms with Crippen LogP contribution in [0.5, 0.6) is 11.5 Å². The minimum absolute atomic E-state index is 0.267. The van der Waals surface area contributed by atoms with Crippen molar-refractivity contribution in [3.63, 3.8) is 0 Å². The molecule has 0 saturated carbocycles. The lowest BCUT2D eigenvalue weighted by Crippen LogP contribution is -2.51. The van der Waals surface area contributed by atoms with Gasteiger partial charge in [-0.1, -0.05) is 42.5 Å². The Bertz CT molecular complexity index is 1260. The molecular formula is C29H33N3O4. The maximum atomic E-state index is 13.5. The molecule has 7 nitrogen and oxygen atoms in total. The second-order valence-corrected chi connectivity index (χ2v) is 9.07. The summed E-state index contributed by atoms with van der Waals surface area (Å²) in [6.45, 7) is 6.16. The number of carbonyl (C=O) groups is 2. The van der Waals surface area contributed by atoms with Crippen molar-refractivity contribution in [1.82, 2.24) is 10.2 Å². The third-order valence-electron chi connectivity index (χ3n) is 6.85. The molecule has 7 heteroatoms. The molecule has 0 aromatic heterocycles. The molecule has 2 atom stereocenters. The molecule has 0 bridgehead atoms. The number of nitrogens with one attached hydrogen (secondary N) is 2. The van der Waals surface area contributed by atoms with E-state index in [1.807, 2.05) is 74.5 Å². The number of aryl methyl sites for hydroxylation is 1. The standard InChI is InChI=1S/C29H33N3O4/c1-18-10-9-13-24(19(18)2)31-28(33)20(3)30-29(34)32-15-14-22-16-25(35-4)26(36-5)17-23(22)27(32)21-11-7-6-8-12-21/h6-13,16-17,20,27H,14-15H2,1-5H3,(H,30,34)(H,31,33)/t20-,27+/m0/s1. The fourth-order valence-corrected chi connectivity index (χ4v) is 4.62. The molecule has 0 fully saturated rings. The fraction of sp³-hybridized carbons (Fsp3) is 0.310. The van der Waals surface area contributed by atoms with Gasteiger partial charge in [0, 0.05) is 12.2 Å². The first-order valence-electron chi connectivity index (χ1n) is 12.1. The SMILES string of the molecule is COc1cc2c(cc1OC)[C@@H](c1ccccc1)N(C(=O)N[C@@H](C)C(=O)Nc1cccc(C)c1C)CC2. The van der Waals surface area contributed by atoms with Crippen molar-refractivity contribution in [3.05, 3.63) is 88.5 Å². The monoisotopic (exact) mass is 487 g/mol. The number of methoxy groups -OCH3 is 2. The third kappa shape index (κ3) is 5.00. The van der Waals surface area contributed by atoms with Crippen LogP contribution >= 0.6 is 0 Å². The highest BCUT2D eigenvalue weighted by Crippen LogP contribution is 2.41. The van der Waals surface area contributed by atoms with Crippen LogP contribution in [0.2, 0.25) is 0 Å². The normalized spacial score (nSPS) is 15.5. The molecule has 2 N–H and O–H groups in total. The second-order valence-electron chi connectivity index (χ2n) is 9.07. The van der Waals surface area contributed by atoms with Gasteiger partial charge in [0.25, 0.3) is 0 Å². The molecule has 0 saturated heterocycles. The molecule has 4 rings (SSSR count). The van der Waals surface area contributed by atoms with Gasteiger partial charge in [0.2, 0.25) is 5.91 Å². The van der Waals surface area contributed by atoms with Crippen molar-refractivity contribution in [2.45, 2.75) is 39.3 Å². The summed E-state index contributed by atoms with van der Waals surface area (Å²) in [7, 11) is 3.22. The Labute approximate surface area is 212 Å². The van der Waals surface area contributed by atoms with Gasteiger partial charge in [-0.3, -0.25) is 4.79 Å². The number of hydrogen-bond acceptors (Lipinski definition) is 4. The Hall–Kier alpha value is -4.00. The van der Waals surface area contributed by atoms with Gasteiger partial charge in [-0.15, -0.1) is 0 Å². The number of nitrogens with zero attached hydrogens (tertiary/aromatic N) is 1. The topological polar surface area (TPSA) is 79.9 Å². The third-order valence-corrected chi connectivity index (χ3v) is 6.85. The van der Waals surface area contributed by atoms with Crippen LogP contribution in [0.15, 0.2) is 60.7 Å². The first kappa shape index (κ1) is 25.1. The van der Waals surface area contributed by atoms with Gasteiger partial charge in [0.1, 0.15) is 6.04 Å². The van der Waals surface area contributed by atoms with E-state index in [0.29, 0.717) is 24.5 Å². The van der Waals surface area contributed by atoms with Crippen LogP contribution in [0.25, 0.3) is 0 Å². The molecule has 0 spiro atoms. The summed E-state index contributed by atoms with van der Waals surface area (Å²) in [5.41, 5.74) is 5.91. The van der Waals surface area contributed by atoms with Gasteiger partial charge in [-0.25, -0.2) is 4.79 Å². The Morgan fingerprint density at radius 2 is 1.67 bits per heavy atom. The number of urea groups is 1. The highest BCUT2D eigenvalue weighted by atomic mass is 16.5. The predicted octanol–water partition coefficient (Wildman–Crippen LogP) is 5.00. The van der Waals surface area contributed by atoms with Crippen LogP contribution in [-0.4, -0.2) is 43.6 Å². The van der Waals surface area contributed by atoms with Gasteiger partial charge < -0.3 is 25.0 Å².